The molecule has 1 N–H and O–H groups in total. The minimum atomic E-state index is -0.0221. The van der Waals surface area contributed by atoms with E-state index in [0.717, 1.165) is 11.4 Å². The molecule has 0 spiro atoms. The van der Waals surface area contributed by atoms with Crippen LogP contribution in [0.5, 0.6) is 5.75 Å². The number of halogens is 1. The summed E-state index contributed by atoms with van der Waals surface area (Å²) in [6, 6.07) is 7.68. The summed E-state index contributed by atoms with van der Waals surface area (Å²) in [6.45, 7) is 3.83. The topological polar surface area (TPSA) is 41.6 Å². The van der Waals surface area contributed by atoms with Gasteiger partial charge in [-0.2, -0.15) is 0 Å². The van der Waals surface area contributed by atoms with Crippen LogP contribution in [0.4, 0.5) is 5.69 Å². The van der Waals surface area contributed by atoms with Crippen molar-refractivity contribution in [2.75, 3.05) is 31.6 Å². The second-order valence-electron chi connectivity index (χ2n) is 4.26. The fourth-order valence-corrected chi connectivity index (χ4v) is 2.06. The van der Waals surface area contributed by atoms with Crippen LogP contribution >= 0.6 is 12.4 Å². The fraction of sp³-hybridized carbons (Fsp3) is 0.462. The van der Waals surface area contributed by atoms with Crippen LogP contribution in [0.25, 0.3) is 0 Å². The quantitative estimate of drug-likeness (QED) is 0.909. The first-order valence-electron chi connectivity index (χ1n) is 5.92. The highest BCUT2D eigenvalue weighted by Gasteiger charge is 2.26. The lowest BCUT2D eigenvalue weighted by atomic mass is 10.1. The molecule has 0 saturated heterocycles. The van der Waals surface area contributed by atoms with E-state index in [1.165, 1.54) is 0 Å². The zero-order valence-corrected chi connectivity index (χ0v) is 11.5. The number of anilines is 1. The lowest BCUT2D eigenvalue weighted by Gasteiger charge is -2.31. The van der Waals surface area contributed by atoms with Gasteiger partial charge in [0.05, 0.1) is 12.2 Å². The predicted molar refractivity (Wildman–Crippen MR) is 74.6 cm³/mol. The summed E-state index contributed by atoms with van der Waals surface area (Å²) in [5.74, 6) is 0.921. The molecule has 0 radical (unpaired) electrons. The van der Waals surface area contributed by atoms with Crippen LogP contribution in [-0.4, -0.2) is 32.7 Å². The molecule has 1 aromatic rings. The molecule has 1 amide bonds. The maximum absolute atomic E-state index is 12.3. The van der Waals surface area contributed by atoms with E-state index < -0.39 is 0 Å². The Morgan fingerprint density at radius 3 is 2.94 bits per heavy atom. The van der Waals surface area contributed by atoms with E-state index in [0.29, 0.717) is 19.7 Å². The first kappa shape index (κ1) is 14.8. The van der Waals surface area contributed by atoms with Gasteiger partial charge in [-0.25, -0.2) is 0 Å². The summed E-state index contributed by atoms with van der Waals surface area (Å²) in [4.78, 5) is 14.1. The molecule has 1 atom stereocenters. The number of rotatable bonds is 3. The Bertz CT molecular complexity index is 412. The summed E-state index contributed by atoms with van der Waals surface area (Å²) < 4.78 is 5.53. The van der Waals surface area contributed by atoms with Crippen molar-refractivity contribution in [2.45, 2.75) is 6.92 Å². The number of hydrogen-bond donors (Lipinski definition) is 1. The molecule has 0 aliphatic carbocycles. The molecular formula is C13H19ClN2O2. The molecule has 0 fully saturated rings. The Hall–Kier alpha value is -1.26. The van der Waals surface area contributed by atoms with Gasteiger partial charge in [0.1, 0.15) is 12.4 Å². The minimum absolute atomic E-state index is 0. The molecule has 1 aromatic carbocycles. The van der Waals surface area contributed by atoms with Crippen molar-refractivity contribution >= 4 is 24.0 Å². The number of nitrogens with one attached hydrogen (secondary N) is 1. The third-order valence-corrected chi connectivity index (χ3v) is 2.93. The normalized spacial score (nSPS) is 15.1. The molecule has 1 unspecified atom stereocenters. The second kappa shape index (κ2) is 6.61. The van der Waals surface area contributed by atoms with Crippen molar-refractivity contribution in [3.63, 3.8) is 0 Å². The molecule has 4 nitrogen and oxygen atoms in total. The molecule has 2 rings (SSSR count). The highest BCUT2D eigenvalue weighted by Crippen LogP contribution is 2.31. The monoisotopic (exact) mass is 270 g/mol. The number of benzene rings is 1. The summed E-state index contributed by atoms with van der Waals surface area (Å²) in [6.07, 6.45) is 0. The van der Waals surface area contributed by atoms with E-state index in [2.05, 4.69) is 5.32 Å². The Kier molecular flexibility index (Phi) is 5.44. The van der Waals surface area contributed by atoms with E-state index in [-0.39, 0.29) is 24.2 Å². The largest absolute Gasteiger partial charge is 0.490 e. The van der Waals surface area contributed by atoms with Gasteiger partial charge in [0.2, 0.25) is 5.91 Å². The van der Waals surface area contributed by atoms with Gasteiger partial charge in [-0.3, -0.25) is 4.79 Å². The Balaban J connectivity index is 0.00000162. The van der Waals surface area contributed by atoms with Gasteiger partial charge < -0.3 is 15.0 Å². The van der Waals surface area contributed by atoms with Crippen molar-refractivity contribution in [3.8, 4) is 5.75 Å². The molecular weight excluding hydrogens is 252 g/mol. The molecule has 0 aromatic heterocycles. The van der Waals surface area contributed by atoms with E-state index >= 15 is 0 Å². The van der Waals surface area contributed by atoms with Crippen LogP contribution in [0, 0.1) is 5.92 Å². The van der Waals surface area contributed by atoms with Gasteiger partial charge in [0.15, 0.2) is 0 Å². The van der Waals surface area contributed by atoms with Crippen molar-refractivity contribution in [3.05, 3.63) is 24.3 Å². The second-order valence-corrected chi connectivity index (χ2v) is 4.26. The number of carbonyl (C=O) groups is 1. The van der Waals surface area contributed by atoms with Crippen molar-refractivity contribution < 1.29 is 9.53 Å². The fourth-order valence-electron chi connectivity index (χ4n) is 2.06. The zero-order chi connectivity index (χ0) is 12.3. The van der Waals surface area contributed by atoms with Crippen LogP contribution in [-0.2, 0) is 4.79 Å². The van der Waals surface area contributed by atoms with E-state index in [4.69, 9.17) is 4.74 Å². The summed E-state index contributed by atoms with van der Waals surface area (Å²) in [7, 11) is 1.86. The minimum Gasteiger partial charge on any atom is -0.490 e. The van der Waals surface area contributed by atoms with Crippen molar-refractivity contribution in [2.24, 2.45) is 5.92 Å². The molecule has 0 saturated carbocycles. The van der Waals surface area contributed by atoms with Gasteiger partial charge in [-0.05, 0) is 19.2 Å². The van der Waals surface area contributed by atoms with Gasteiger partial charge in [0, 0.05) is 12.5 Å². The highest BCUT2D eigenvalue weighted by atomic mass is 35.5. The smallest absolute Gasteiger partial charge is 0.231 e. The number of ether oxygens (including phenoxy) is 1. The van der Waals surface area contributed by atoms with Gasteiger partial charge in [-0.15, -0.1) is 12.4 Å². The van der Waals surface area contributed by atoms with E-state index in [9.17, 15) is 4.79 Å². The predicted octanol–water partition coefficient (Wildman–Crippen LogP) is 1.69. The average molecular weight is 271 g/mol. The Morgan fingerprint density at radius 1 is 1.50 bits per heavy atom. The number of nitrogens with zero attached hydrogens (tertiary/aromatic N) is 1. The molecule has 1 aliphatic rings. The molecule has 100 valence electrons. The first-order chi connectivity index (χ1) is 8.24. The van der Waals surface area contributed by atoms with Crippen LogP contribution in [0.2, 0.25) is 0 Å². The first-order valence-corrected chi connectivity index (χ1v) is 5.92. The Morgan fingerprint density at radius 2 is 2.22 bits per heavy atom. The van der Waals surface area contributed by atoms with Crippen LogP contribution < -0.4 is 15.0 Å². The van der Waals surface area contributed by atoms with E-state index in [1.807, 2.05) is 43.1 Å². The number of para-hydroxylation sites is 2. The maximum Gasteiger partial charge on any atom is 0.231 e. The molecule has 1 heterocycles. The number of amides is 1. The number of carbonyl (C=O) groups excluding carboxylic acids is 1. The van der Waals surface area contributed by atoms with Crippen LogP contribution in [0.1, 0.15) is 6.92 Å². The van der Waals surface area contributed by atoms with Crippen LogP contribution in [0.15, 0.2) is 24.3 Å². The van der Waals surface area contributed by atoms with Crippen LogP contribution in [0.3, 0.4) is 0 Å². The lowest BCUT2D eigenvalue weighted by Crippen LogP contribution is -2.43. The molecule has 5 heteroatoms. The highest BCUT2D eigenvalue weighted by molar-refractivity contribution is 5.96. The zero-order valence-electron chi connectivity index (χ0n) is 10.7. The number of fused-ring (bicyclic) bond motifs is 1. The lowest BCUT2D eigenvalue weighted by molar-refractivity contribution is -0.122. The summed E-state index contributed by atoms with van der Waals surface area (Å²) in [5.41, 5.74) is 0.881. The third kappa shape index (κ3) is 2.94. The van der Waals surface area contributed by atoms with Gasteiger partial charge in [-0.1, -0.05) is 19.1 Å². The molecule has 18 heavy (non-hydrogen) atoms. The van der Waals surface area contributed by atoms with Gasteiger partial charge in [0.25, 0.3) is 0 Å². The standard InChI is InChI=1S/C13H18N2O2.ClH/c1-10(9-14-2)13(16)15-7-8-17-12-6-4-3-5-11(12)15;/h3-6,10,14H,7-9H2,1-2H3;1H. The number of hydrogen-bond acceptors (Lipinski definition) is 3. The van der Waals surface area contributed by atoms with Gasteiger partial charge >= 0.3 is 0 Å². The van der Waals surface area contributed by atoms with E-state index in [1.54, 1.807) is 0 Å². The summed E-state index contributed by atoms with van der Waals surface area (Å²) >= 11 is 0. The Labute approximate surface area is 114 Å². The summed E-state index contributed by atoms with van der Waals surface area (Å²) in [5, 5.41) is 3.03. The van der Waals surface area contributed by atoms with Crippen molar-refractivity contribution in [1.29, 1.82) is 0 Å². The maximum atomic E-state index is 12.3. The van der Waals surface area contributed by atoms with Crippen molar-refractivity contribution in [1.82, 2.24) is 5.32 Å². The average Bonchev–Trinajstić information content (AvgIpc) is 2.37. The SMILES string of the molecule is CNCC(C)C(=O)N1CCOc2ccccc21.Cl. The molecule has 1 aliphatic heterocycles. The molecule has 0 bridgehead atoms. The third-order valence-electron chi connectivity index (χ3n) is 2.93.